The van der Waals surface area contributed by atoms with Gasteiger partial charge in [-0.3, -0.25) is 0 Å². The molecule has 106 valence electrons. The van der Waals surface area contributed by atoms with Gasteiger partial charge in [-0.1, -0.05) is 0 Å². The number of nitrogen functional groups attached to an aromatic ring is 1. The smallest absolute Gasteiger partial charge is 0.242 e. The standard InChI is InChI=1S/C13H17N5O2/c1-3-20-13-11(14)12(17-8-18-13)16-7-9-4-5-15-10(6-9)19-2/h4-6,8H,3,7,14H2,1-2H3,(H,16,17,18). The summed E-state index contributed by atoms with van der Waals surface area (Å²) in [5.41, 5.74) is 7.35. The van der Waals surface area contributed by atoms with Crippen molar-refractivity contribution >= 4 is 11.5 Å². The van der Waals surface area contributed by atoms with Crippen LogP contribution in [0.25, 0.3) is 0 Å². The summed E-state index contributed by atoms with van der Waals surface area (Å²) in [6, 6.07) is 3.73. The molecule has 0 aromatic carbocycles. The van der Waals surface area contributed by atoms with E-state index in [1.807, 2.05) is 19.1 Å². The van der Waals surface area contributed by atoms with Gasteiger partial charge in [0.05, 0.1) is 13.7 Å². The van der Waals surface area contributed by atoms with Crippen molar-refractivity contribution in [2.45, 2.75) is 13.5 Å². The number of pyridine rings is 1. The van der Waals surface area contributed by atoms with Crippen LogP contribution in [0.15, 0.2) is 24.7 Å². The van der Waals surface area contributed by atoms with Crippen molar-refractivity contribution in [3.05, 3.63) is 30.2 Å². The summed E-state index contributed by atoms with van der Waals surface area (Å²) >= 11 is 0. The predicted octanol–water partition coefficient (Wildman–Crippen LogP) is 1.47. The number of rotatable bonds is 6. The predicted molar refractivity (Wildman–Crippen MR) is 75.7 cm³/mol. The van der Waals surface area contributed by atoms with Crippen molar-refractivity contribution in [1.29, 1.82) is 0 Å². The van der Waals surface area contributed by atoms with Gasteiger partial charge in [-0.25, -0.2) is 9.97 Å². The fraction of sp³-hybridized carbons (Fsp3) is 0.308. The van der Waals surface area contributed by atoms with Crippen LogP contribution < -0.4 is 20.5 Å². The highest BCUT2D eigenvalue weighted by atomic mass is 16.5. The Labute approximate surface area is 117 Å². The zero-order valence-corrected chi connectivity index (χ0v) is 11.5. The largest absolute Gasteiger partial charge is 0.481 e. The first-order valence-corrected chi connectivity index (χ1v) is 6.20. The van der Waals surface area contributed by atoms with E-state index in [4.69, 9.17) is 15.2 Å². The SMILES string of the molecule is CCOc1ncnc(NCc2ccnc(OC)c2)c1N. The van der Waals surface area contributed by atoms with E-state index in [1.54, 1.807) is 13.3 Å². The number of aromatic nitrogens is 3. The zero-order valence-electron chi connectivity index (χ0n) is 11.5. The molecule has 0 aliphatic rings. The average molecular weight is 275 g/mol. The topological polar surface area (TPSA) is 95.2 Å². The minimum Gasteiger partial charge on any atom is -0.481 e. The number of hydrogen-bond acceptors (Lipinski definition) is 7. The molecule has 2 aromatic rings. The summed E-state index contributed by atoms with van der Waals surface area (Å²) in [4.78, 5) is 12.1. The quantitative estimate of drug-likeness (QED) is 0.824. The molecule has 0 atom stereocenters. The number of nitrogens with one attached hydrogen (secondary N) is 1. The molecular weight excluding hydrogens is 258 g/mol. The maximum Gasteiger partial charge on any atom is 0.242 e. The van der Waals surface area contributed by atoms with Crippen molar-refractivity contribution < 1.29 is 9.47 Å². The van der Waals surface area contributed by atoms with E-state index in [1.165, 1.54) is 6.33 Å². The number of anilines is 2. The summed E-state index contributed by atoms with van der Waals surface area (Å²) in [5.74, 6) is 1.49. The molecule has 2 rings (SSSR count). The molecule has 0 spiro atoms. The first kappa shape index (κ1) is 13.9. The number of hydrogen-bond donors (Lipinski definition) is 2. The Bertz CT molecular complexity index is 576. The Hall–Kier alpha value is -2.57. The monoisotopic (exact) mass is 275 g/mol. The number of ether oxygens (including phenoxy) is 2. The van der Waals surface area contributed by atoms with Gasteiger partial charge in [0.25, 0.3) is 0 Å². The fourth-order valence-electron chi connectivity index (χ4n) is 1.63. The van der Waals surface area contributed by atoms with E-state index in [2.05, 4.69) is 20.3 Å². The summed E-state index contributed by atoms with van der Waals surface area (Å²) in [6.07, 6.45) is 3.10. The molecule has 0 bridgehead atoms. The van der Waals surface area contributed by atoms with Gasteiger partial charge in [-0.15, -0.1) is 0 Å². The average Bonchev–Trinajstić information content (AvgIpc) is 2.48. The van der Waals surface area contributed by atoms with Gasteiger partial charge in [-0.05, 0) is 18.6 Å². The molecule has 2 aromatic heterocycles. The van der Waals surface area contributed by atoms with Crippen LogP contribution in [0.3, 0.4) is 0 Å². The minimum absolute atomic E-state index is 0.386. The van der Waals surface area contributed by atoms with Gasteiger partial charge in [0, 0.05) is 18.8 Å². The van der Waals surface area contributed by atoms with E-state index in [0.717, 1.165) is 5.56 Å². The molecule has 3 N–H and O–H groups in total. The number of nitrogens with zero attached hydrogens (tertiary/aromatic N) is 3. The van der Waals surface area contributed by atoms with Crippen LogP contribution in [-0.4, -0.2) is 28.7 Å². The normalized spacial score (nSPS) is 10.1. The minimum atomic E-state index is 0.386. The van der Waals surface area contributed by atoms with E-state index in [0.29, 0.717) is 36.4 Å². The Morgan fingerprint density at radius 2 is 2.15 bits per heavy atom. The molecule has 0 radical (unpaired) electrons. The molecule has 7 heteroatoms. The maximum atomic E-state index is 5.94. The van der Waals surface area contributed by atoms with Crippen LogP contribution in [0, 0.1) is 0 Å². The van der Waals surface area contributed by atoms with Crippen LogP contribution in [0.5, 0.6) is 11.8 Å². The molecule has 0 aliphatic heterocycles. The van der Waals surface area contributed by atoms with E-state index < -0.39 is 0 Å². The Morgan fingerprint density at radius 1 is 1.30 bits per heavy atom. The molecule has 0 saturated carbocycles. The summed E-state index contributed by atoms with van der Waals surface area (Å²) in [7, 11) is 1.58. The van der Waals surface area contributed by atoms with Gasteiger partial charge >= 0.3 is 0 Å². The molecule has 2 heterocycles. The molecule has 0 fully saturated rings. The van der Waals surface area contributed by atoms with E-state index in [9.17, 15) is 0 Å². The van der Waals surface area contributed by atoms with Gasteiger partial charge in [0.1, 0.15) is 12.0 Å². The third kappa shape index (κ3) is 3.25. The lowest BCUT2D eigenvalue weighted by molar-refractivity contribution is 0.328. The van der Waals surface area contributed by atoms with Gasteiger partial charge in [-0.2, -0.15) is 4.98 Å². The second-order valence-electron chi connectivity index (χ2n) is 3.93. The first-order chi connectivity index (χ1) is 9.74. The molecule has 0 unspecified atom stereocenters. The highest BCUT2D eigenvalue weighted by Crippen LogP contribution is 2.24. The molecule has 0 saturated heterocycles. The Balaban J connectivity index is 2.08. The van der Waals surface area contributed by atoms with E-state index >= 15 is 0 Å². The summed E-state index contributed by atoms with van der Waals surface area (Å²) in [6.45, 7) is 2.92. The zero-order chi connectivity index (χ0) is 14.4. The lowest BCUT2D eigenvalue weighted by Crippen LogP contribution is -2.08. The third-order valence-corrected chi connectivity index (χ3v) is 2.60. The van der Waals surface area contributed by atoms with Crippen molar-refractivity contribution in [1.82, 2.24) is 15.0 Å². The lowest BCUT2D eigenvalue weighted by Gasteiger charge is -2.11. The lowest BCUT2D eigenvalue weighted by atomic mass is 10.2. The van der Waals surface area contributed by atoms with Crippen LogP contribution in [0.1, 0.15) is 12.5 Å². The second kappa shape index (κ2) is 6.55. The molecule has 20 heavy (non-hydrogen) atoms. The highest BCUT2D eigenvalue weighted by Gasteiger charge is 2.08. The van der Waals surface area contributed by atoms with Crippen LogP contribution >= 0.6 is 0 Å². The van der Waals surface area contributed by atoms with Crippen molar-refractivity contribution in [3.8, 4) is 11.8 Å². The van der Waals surface area contributed by atoms with Crippen LogP contribution in [0.2, 0.25) is 0 Å². The second-order valence-corrected chi connectivity index (χ2v) is 3.93. The van der Waals surface area contributed by atoms with Crippen LogP contribution in [-0.2, 0) is 6.54 Å². The maximum absolute atomic E-state index is 5.94. The Kier molecular flexibility index (Phi) is 4.54. The van der Waals surface area contributed by atoms with Crippen molar-refractivity contribution in [2.24, 2.45) is 0 Å². The first-order valence-electron chi connectivity index (χ1n) is 6.20. The molecule has 7 nitrogen and oxygen atoms in total. The van der Waals surface area contributed by atoms with Gasteiger partial charge in [0.2, 0.25) is 11.8 Å². The molecule has 0 amide bonds. The highest BCUT2D eigenvalue weighted by molar-refractivity contribution is 5.66. The third-order valence-electron chi connectivity index (χ3n) is 2.60. The molecular formula is C13H17N5O2. The van der Waals surface area contributed by atoms with Gasteiger partial charge in [0.15, 0.2) is 5.82 Å². The number of methoxy groups -OCH3 is 1. The summed E-state index contributed by atoms with van der Waals surface area (Å²) < 4.78 is 10.4. The number of nitrogens with two attached hydrogens (primary N) is 1. The van der Waals surface area contributed by atoms with Gasteiger partial charge < -0.3 is 20.5 Å². The van der Waals surface area contributed by atoms with Crippen molar-refractivity contribution in [2.75, 3.05) is 24.8 Å². The van der Waals surface area contributed by atoms with E-state index in [-0.39, 0.29) is 0 Å². The van der Waals surface area contributed by atoms with Crippen LogP contribution in [0.4, 0.5) is 11.5 Å². The fourth-order valence-corrected chi connectivity index (χ4v) is 1.63. The Morgan fingerprint density at radius 3 is 2.90 bits per heavy atom. The summed E-state index contributed by atoms with van der Waals surface area (Å²) in [5, 5.41) is 3.14. The molecule has 0 aliphatic carbocycles. The van der Waals surface area contributed by atoms with Crippen molar-refractivity contribution in [3.63, 3.8) is 0 Å².